The lowest BCUT2D eigenvalue weighted by molar-refractivity contribution is -0.115. The van der Waals surface area contributed by atoms with Crippen molar-refractivity contribution in [1.29, 1.82) is 5.26 Å². The van der Waals surface area contributed by atoms with E-state index in [4.69, 9.17) is 5.73 Å². The number of rotatable bonds is 7. The second-order valence-electron chi connectivity index (χ2n) is 6.27. The first kappa shape index (κ1) is 17.1. The number of carbonyl (C=O) groups is 1. The summed E-state index contributed by atoms with van der Waals surface area (Å²) >= 11 is 0. The lowest BCUT2D eigenvalue weighted by atomic mass is 9.81. The summed E-state index contributed by atoms with van der Waals surface area (Å²) in [7, 11) is 0. The van der Waals surface area contributed by atoms with Crippen molar-refractivity contribution in [2.45, 2.75) is 51.9 Å². The number of nitrogens with one attached hydrogen (secondary N) is 1. The zero-order valence-corrected chi connectivity index (χ0v) is 13.8. The van der Waals surface area contributed by atoms with Gasteiger partial charge in [-0.05, 0) is 43.3 Å². The fraction of sp³-hybridized carbons (Fsp3) is 0.474. The van der Waals surface area contributed by atoms with Crippen molar-refractivity contribution in [3.05, 3.63) is 35.6 Å². The number of hydrogen-bond acceptors (Lipinski definition) is 3. The number of hydrogen-bond donors (Lipinski definition) is 2. The van der Waals surface area contributed by atoms with Gasteiger partial charge in [0.05, 0.1) is 0 Å². The van der Waals surface area contributed by atoms with Crippen LogP contribution in [0.3, 0.4) is 0 Å². The molecular formula is C19H25N3O. The maximum atomic E-state index is 12.1. The van der Waals surface area contributed by atoms with E-state index >= 15 is 0 Å². The molecule has 122 valence electrons. The van der Waals surface area contributed by atoms with Gasteiger partial charge in [-0.25, -0.2) is 0 Å². The van der Waals surface area contributed by atoms with Crippen molar-refractivity contribution in [3.8, 4) is 6.07 Å². The Morgan fingerprint density at radius 3 is 2.91 bits per heavy atom. The summed E-state index contributed by atoms with van der Waals surface area (Å²) in [6.45, 7) is 5.93. The van der Waals surface area contributed by atoms with Crippen LogP contribution in [0.15, 0.2) is 18.7 Å². The summed E-state index contributed by atoms with van der Waals surface area (Å²) in [4.78, 5) is 15.1. The maximum Gasteiger partial charge on any atom is 0.156 e. The standard InChI is InChI=1S/C19H25N3O/c1-3-5-6-8-16-18(17(12-20)22-19(16)21)14-9-13(7-4-2)10-15(23)11-14/h4,11,13,22H,2-3,5-10,21H2,1H3. The molecule has 1 aromatic heterocycles. The molecule has 4 heteroatoms. The van der Waals surface area contributed by atoms with Crippen LogP contribution in [0, 0.1) is 17.2 Å². The number of nitriles is 1. The smallest absolute Gasteiger partial charge is 0.156 e. The first-order valence-electron chi connectivity index (χ1n) is 8.35. The minimum absolute atomic E-state index is 0.126. The van der Waals surface area contributed by atoms with Gasteiger partial charge in [0.15, 0.2) is 5.78 Å². The highest BCUT2D eigenvalue weighted by Crippen LogP contribution is 2.37. The van der Waals surface area contributed by atoms with Crippen molar-refractivity contribution in [2.24, 2.45) is 5.92 Å². The summed E-state index contributed by atoms with van der Waals surface area (Å²) < 4.78 is 0. The topological polar surface area (TPSA) is 82.7 Å². The first-order valence-corrected chi connectivity index (χ1v) is 8.35. The Morgan fingerprint density at radius 2 is 2.26 bits per heavy atom. The van der Waals surface area contributed by atoms with Crippen LogP contribution in [-0.2, 0) is 11.2 Å². The van der Waals surface area contributed by atoms with Gasteiger partial charge in [-0.2, -0.15) is 5.26 Å². The van der Waals surface area contributed by atoms with Gasteiger partial charge in [0, 0.05) is 17.5 Å². The van der Waals surface area contributed by atoms with Gasteiger partial charge in [-0.1, -0.05) is 25.8 Å². The number of aromatic amines is 1. The molecule has 0 saturated heterocycles. The molecule has 2 rings (SSSR count). The van der Waals surface area contributed by atoms with Gasteiger partial charge >= 0.3 is 0 Å². The quantitative estimate of drug-likeness (QED) is 0.586. The van der Waals surface area contributed by atoms with Gasteiger partial charge in [0.25, 0.3) is 0 Å². The fourth-order valence-electron chi connectivity index (χ4n) is 3.36. The summed E-state index contributed by atoms with van der Waals surface area (Å²) in [5, 5.41) is 9.43. The second kappa shape index (κ2) is 7.82. The number of H-pyrrole nitrogens is 1. The van der Waals surface area contributed by atoms with E-state index in [0.717, 1.165) is 55.2 Å². The van der Waals surface area contributed by atoms with Crippen LogP contribution in [-0.4, -0.2) is 10.8 Å². The highest BCUT2D eigenvalue weighted by molar-refractivity contribution is 5.99. The van der Waals surface area contributed by atoms with Crippen LogP contribution in [0.5, 0.6) is 0 Å². The Kier molecular flexibility index (Phi) is 5.81. The number of carbonyl (C=O) groups excluding carboxylic acids is 1. The average Bonchev–Trinajstić information content (AvgIpc) is 2.83. The van der Waals surface area contributed by atoms with Crippen molar-refractivity contribution in [2.75, 3.05) is 5.73 Å². The zero-order chi connectivity index (χ0) is 16.8. The monoisotopic (exact) mass is 311 g/mol. The zero-order valence-electron chi connectivity index (χ0n) is 13.8. The van der Waals surface area contributed by atoms with Gasteiger partial charge in [0.2, 0.25) is 0 Å². The minimum atomic E-state index is 0.126. The Hall–Kier alpha value is -2.28. The summed E-state index contributed by atoms with van der Waals surface area (Å²) in [6, 6.07) is 2.20. The number of ketones is 1. The SMILES string of the molecule is C=CCC1CC(=O)C=C(c2c(C#N)[nH]c(N)c2CCCCC)C1. The summed E-state index contributed by atoms with van der Waals surface area (Å²) in [5.41, 5.74) is 9.38. The third kappa shape index (κ3) is 3.92. The van der Waals surface area contributed by atoms with Crippen LogP contribution >= 0.6 is 0 Å². The second-order valence-corrected chi connectivity index (χ2v) is 6.27. The molecular weight excluding hydrogens is 286 g/mol. The normalized spacial score (nSPS) is 17.7. The maximum absolute atomic E-state index is 12.1. The molecule has 0 radical (unpaired) electrons. The van der Waals surface area contributed by atoms with Crippen LogP contribution in [0.1, 0.15) is 62.3 Å². The molecule has 1 atom stereocenters. The molecule has 1 aliphatic rings. The molecule has 0 aliphatic heterocycles. The third-order valence-corrected chi connectivity index (χ3v) is 4.43. The molecule has 4 nitrogen and oxygen atoms in total. The molecule has 1 heterocycles. The third-order valence-electron chi connectivity index (χ3n) is 4.43. The van der Waals surface area contributed by atoms with Gasteiger partial charge < -0.3 is 10.7 Å². The predicted molar refractivity (Wildman–Crippen MR) is 93.7 cm³/mol. The number of unbranched alkanes of at least 4 members (excludes halogenated alkanes) is 2. The number of nitrogens with two attached hydrogens (primary N) is 1. The van der Waals surface area contributed by atoms with Crippen LogP contribution in [0.2, 0.25) is 0 Å². The summed E-state index contributed by atoms with van der Waals surface area (Å²) in [6.07, 6.45) is 9.87. The Bertz CT molecular complexity index is 661. The molecule has 0 spiro atoms. The molecule has 0 aromatic carbocycles. The van der Waals surface area contributed by atoms with Crippen LogP contribution < -0.4 is 5.73 Å². The largest absolute Gasteiger partial charge is 0.385 e. The molecule has 0 fully saturated rings. The number of nitrogens with zero attached hydrogens (tertiary/aromatic N) is 1. The van der Waals surface area contributed by atoms with Crippen molar-refractivity contribution >= 4 is 17.2 Å². The predicted octanol–water partition coefficient (Wildman–Crippen LogP) is 4.14. The molecule has 0 saturated carbocycles. The highest BCUT2D eigenvalue weighted by Gasteiger charge is 2.26. The lowest BCUT2D eigenvalue weighted by Crippen LogP contribution is -2.14. The average molecular weight is 311 g/mol. The first-order chi connectivity index (χ1) is 11.1. The van der Waals surface area contributed by atoms with Crippen LogP contribution in [0.4, 0.5) is 5.82 Å². The Balaban J connectivity index is 2.38. The van der Waals surface area contributed by atoms with Crippen LogP contribution in [0.25, 0.3) is 5.57 Å². The molecule has 0 amide bonds. The Labute approximate surface area is 138 Å². The van der Waals surface area contributed by atoms with E-state index in [9.17, 15) is 10.1 Å². The van der Waals surface area contributed by atoms with E-state index in [0.29, 0.717) is 17.9 Å². The van der Waals surface area contributed by atoms with Crippen molar-refractivity contribution in [3.63, 3.8) is 0 Å². The van der Waals surface area contributed by atoms with E-state index in [1.165, 1.54) is 0 Å². The number of anilines is 1. The summed E-state index contributed by atoms with van der Waals surface area (Å²) in [5.74, 6) is 0.958. The molecule has 1 unspecified atom stereocenters. The number of aromatic nitrogens is 1. The molecule has 1 aromatic rings. The lowest BCUT2D eigenvalue weighted by Gasteiger charge is -2.21. The van der Waals surface area contributed by atoms with E-state index in [1.807, 2.05) is 6.08 Å². The molecule has 0 bridgehead atoms. The van der Waals surface area contributed by atoms with Gasteiger partial charge in [-0.3, -0.25) is 4.79 Å². The van der Waals surface area contributed by atoms with Crippen molar-refractivity contribution < 1.29 is 4.79 Å². The number of nitrogen functional groups attached to an aromatic ring is 1. The minimum Gasteiger partial charge on any atom is -0.385 e. The molecule has 23 heavy (non-hydrogen) atoms. The van der Waals surface area contributed by atoms with Gasteiger partial charge in [-0.15, -0.1) is 6.58 Å². The van der Waals surface area contributed by atoms with E-state index in [-0.39, 0.29) is 11.7 Å². The van der Waals surface area contributed by atoms with Crippen molar-refractivity contribution in [1.82, 2.24) is 4.98 Å². The van der Waals surface area contributed by atoms with E-state index < -0.39 is 0 Å². The molecule has 3 N–H and O–H groups in total. The van der Waals surface area contributed by atoms with Gasteiger partial charge in [0.1, 0.15) is 17.6 Å². The van der Waals surface area contributed by atoms with E-state index in [2.05, 4.69) is 24.6 Å². The highest BCUT2D eigenvalue weighted by atomic mass is 16.1. The molecule has 1 aliphatic carbocycles. The number of allylic oxidation sites excluding steroid dienone is 3. The Morgan fingerprint density at radius 1 is 1.48 bits per heavy atom. The fourth-order valence-corrected chi connectivity index (χ4v) is 3.36. The van der Waals surface area contributed by atoms with E-state index in [1.54, 1.807) is 6.08 Å².